The molecule has 2 rings (SSSR count). The van der Waals surface area contributed by atoms with Crippen LogP contribution in [0.3, 0.4) is 0 Å². The topological polar surface area (TPSA) is 61.4 Å². The van der Waals surface area contributed by atoms with Crippen molar-refractivity contribution in [1.82, 2.24) is 10.2 Å². The number of likely N-dealkylation sites (N-methyl/N-ethyl adjacent to an activating group) is 1. The van der Waals surface area contributed by atoms with Gasteiger partial charge in [0.1, 0.15) is 0 Å². The summed E-state index contributed by atoms with van der Waals surface area (Å²) in [5.74, 6) is -0.312. The van der Waals surface area contributed by atoms with Crippen molar-refractivity contribution in [3.63, 3.8) is 0 Å². The molecule has 0 fully saturated rings. The van der Waals surface area contributed by atoms with Gasteiger partial charge in [0.05, 0.1) is 6.04 Å². The molecule has 0 spiro atoms. The van der Waals surface area contributed by atoms with Gasteiger partial charge in [-0.15, -0.1) is 11.3 Å². The highest BCUT2D eigenvalue weighted by Gasteiger charge is 2.16. The lowest BCUT2D eigenvalue weighted by atomic mass is 10.1. The lowest BCUT2D eigenvalue weighted by Gasteiger charge is -2.23. The van der Waals surface area contributed by atoms with Gasteiger partial charge in [-0.3, -0.25) is 9.59 Å². The average molecular weight is 331 g/mol. The highest BCUT2D eigenvalue weighted by Crippen LogP contribution is 2.22. The largest absolute Gasteiger partial charge is 0.350 e. The zero-order valence-electron chi connectivity index (χ0n) is 13.5. The van der Waals surface area contributed by atoms with Gasteiger partial charge in [-0.2, -0.15) is 0 Å². The Kier molecular flexibility index (Phi) is 5.90. The van der Waals surface area contributed by atoms with E-state index in [4.69, 9.17) is 0 Å². The van der Waals surface area contributed by atoms with Gasteiger partial charge in [0.15, 0.2) is 0 Å². The van der Waals surface area contributed by atoms with Gasteiger partial charge >= 0.3 is 0 Å². The Bertz CT molecular complexity index is 668. The fraction of sp³-hybridized carbons (Fsp3) is 0.294. The van der Waals surface area contributed by atoms with E-state index in [-0.39, 0.29) is 17.9 Å². The van der Waals surface area contributed by atoms with E-state index in [1.54, 1.807) is 35.6 Å². The molecule has 1 heterocycles. The Morgan fingerprint density at radius 1 is 1.22 bits per heavy atom. The fourth-order valence-electron chi connectivity index (χ4n) is 2.25. The Balaban J connectivity index is 2.02. The van der Waals surface area contributed by atoms with Crippen molar-refractivity contribution in [1.29, 1.82) is 0 Å². The third-order valence-electron chi connectivity index (χ3n) is 3.40. The summed E-state index contributed by atoms with van der Waals surface area (Å²) >= 11 is 1.68. The number of nitrogens with zero attached hydrogens (tertiary/aromatic N) is 1. The molecular weight excluding hydrogens is 310 g/mol. The first kappa shape index (κ1) is 17.2. The lowest BCUT2D eigenvalue weighted by Crippen LogP contribution is -2.34. The van der Waals surface area contributed by atoms with Crippen LogP contribution in [0.4, 0.5) is 5.69 Å². The zero-order valence-corrected chi connectivity index (χ0v) is 14.3. The third kappa shape index (κ3) is 4.91. The Labute approximate surface area is 140 Å². The Morgan fingerprint density at radius 2 is 2.00 bits per heavy atom. The molecule has 0 unspecified atom stereocenters. The first-order valence-electron chi connectivity index (χ1n) is 7.33. The quantitative estimate of drug-likeness (QED) is 0.855. The highest BCUT2D eigenvalue weighted by molar-refractivity contribution is 7.10. The summed E-state index contributed by atoms with van der Waals surface area (Å²) in [5, 5.41) is 7.67. The van der Waals surface area contributed by atoms with Crippen molar-refractivity contribution in [2.45, 2.75) is 13.0 Å². The molecule has 0 aliphatic heterocycles. The maximum absolute atomic E-state index is 12.3. The minimum Gasteiger partial charge on any atom is -0.350 e. The van der Waals surface area contributed by atoms with Crippen LogP contribution in [0.5, 0.6) is 0 Å². The maximum atomic E-state index is 12.3. The lowest BCUT2D eigenvalue weighted by molar-refractivity contribution is -0.114. The minimum absolute atomic E-state index is 0.137. The summed E-state index contributed by atoms with van der Waals surface area (Å²) in [5.41, 5.74) is 1.15. The number of carbonyl (C=O) groups excluding carboxylic acids is 2. The number of benzene rings is 1. The number of anilines is 1. The molecule has 0 radical (unpaired) electrons. The predicted molar refractivity (Wildman–Crippen MR) is 93.8 cm³/mol. The van der Waals surface area contributed by atoms with Crippen LogP contribution in [0.1, 0.15) is 28.2 Å². The first-order chi connectivity index (χ1) is 11.0. The van der Waals surface area contributed by atoms with Gasteiger partial charge < -0.3 is 15.5 Å². The van der Waals surface area contributed by atoms with Crippen molar-refractivity contribution < 1.29 is 9.59 Å². The van der Waals surface area contributed by atoms with Gasteiger partial charge in [-0.1, -0.05) is 12.1 Å². The second kappa shape index (κ2) is 7.89. The minimum atomic E-state index is -0.159. The van der Waals surface area contributed by atoms with Crippen molar-refractivity contribution in [2.75, 3.05) is 26.0 Å². The SMILES string of the molecule is CC(=O)Nc1cccc(C(=O)NC[C@@H](c2cccs2)N(C)C)c1. The smallest absolute Gasteiger partial charge is 0.251 e. The standard InChI is InChI=1S/C17H21N3O2S/c1-12(21)19-14-7-4-6-13(10-14)17(22)18-11-15(20(2)3)16-8-5-9-23-16/h4-10,15H,11H2,1-3H3,(H,18,22)(H,19,21)/t15-/m0/s1. The van der Waals surface area contributed by atoms with Gasteiger partial charge in [-0.05, 0) is 43.7 Å². The van der Waals surface area contributed by atoms with Crippen molar-refractivity contribution in [2.24, 2.45) is 0 Å². The van der Waals surface area contributed by atoms with E-state index in [1.807, 2.05) is 25.5 Å². The normalized spacial score (nSPS) is 12.0. The number of amides is 2. The Morgan fingerprint density at radius 3 is 2.61 bits per heavy atom. The zero-order chi connectivity index (χ0) is 16.8. The molecule has 2 amide bonds. The molecule has 0 aliphatic rings. The van der Waals surface area contributed by atoms with Gasteiger partial charge in [0, 0.05) is 29.6 Å². The van der Waals surface area contributed by atoms with E-state index in [0.29, 0.717) is 17.8 Å². The summed E-state index contributed by atoms with van der Waals surface area (Å²) in [6.45, 7) is 1.96. The summed E-state index contributed by atoms with van der Waals surface area (Å²) in [7, 11) is 3.99. The number of carbonyl (C=O) groups is 2. The number of thiophene rings is 1. The number of hydrogen-bond donors (Lipinski definition) is 2. The molecule has 0 aliphatic carbocycles. The third-order valence-corrected chi connectivity index (χ3v) is 4.37. The van der Waals surface area contributed by atoms with Crippen LogP contribution in [0.25, 0.3) is 0 Å². The molecule has 0 saturated heterocycles. The molecule has 2 N–H and O–H groups in total. The molecule has 23 heavy (non-hydrogen) atoms. The molecule has 2 aromatic rings. The van der Waals surface area contributed by atoms with E-state index < -0.39 is 0 Å². The van der Waals surface area contributed by atoms with Crippen LogP contribution >= 0.6 is 11.3 Å². The summed E-state index contributed by atoms with van der Waals surface area (Å²) < 4.78 is 0. The maximum Gasteiger partial charge on any atom is 0.251 e. The predicted octanol–water partition coefficient (Wildman–Crippen LogP) is 2.74. The number of hydrogen-bond acceptors (Lipinski definition) is 4. The molecule has 6 heteroatoms. The molecule has 122 valence electrons. The van der Waals surface area contributed by atoms with Crippen LogP contribution in [-0.2, 0) is 4.79 Å². The second-order valence-electron chi connectivity index (χ2n) is 5.47. The van der Waals surface area contributed by atoms with E-state index in [2.05, 4.69) is 21.6 Å². The van der Waals surface area contributed by atoms with E-state index >= 15 is 0 Å². The van der Waals surface area contributed by atoms with Crippen molar-refractivity contribution in [3.05, 3.63) is 52.2 Å². The van der Waals surface area contributed by atoms with Gasteiger partial charge in [-0.25, -0.2) is 0 Å². The van der Waals surface area contributed by atoms with Crippen molar-refractivity contribution in [3.8, 4) is 0 Å². The highest BCUT2D eigenvalue weighted by atomic mass is 32.1. The molecule has 0 saturated carbocycles. The number of rotatable bonds is 6. The first-order valence-corrected chi connectivity index (χ1v) is 8.21. The molecular formula is C17H21N3O2S. The average Bonchev–Trinajstić information content (AvgIpc) is 3.00. The molecule has 1 atom stereocenters. The number of nitrogens with one attached hydrogen (secondary N) is 2. The summed E-state index contributed by atoms with van der Waals surface area (Å²) in [6, 6.07) is 11.1. The van der Waals surface area contributed by atoms with Crippen LogP contribution < -0.4 is 10.6 Å². The van der Waals surface area contributed by atoms with E-state index in [0.717, 1.165) is 0 Å². The molecule has 5 nitrogen and oxygen atoms in total. The Hall–Kier alpha value is -2.18. The van der Waals surface area contributed by atoms with Gasteiger partial charge in [0.25, 0.3) is 5.91 Å². The molecule has 0 bridgehead atoms. The molecule has 1 aromatic heterocycles. The van der Waals surface area contributed by atoms with E-state index in [1.165, 1.54) is 11.8 Å². The molecule has 1 aromatic carbocycles. The van der Waals surface area contributed by atoms with Crippen LogP contribution in [0.15, 0.2) is 41.8 Å². The van der Waals surface area contributed by atoms with Crippen LogP contribution in [-0.4, -0.2) is 37.4 Å². The van der Waals surface area contributed by atoms with Gasteiger partial charge in [0.2, 0.25) is 5.91 Å². The van der Waals surface area contributed by atoms with Crippen LogP contribution in [0.2, 0.25) is 0 Å². The summed E-state index contributed by atoms with van der Waals surface area (Å²) in [4.78, 5) is 26.7. The van der Waals surface area contributed by atoms with Crippen LogP contribution in [0, 0.1) is 0 Å². The van der Waals surface area contributed by atoms with E-state index in [9.17, 15) is 9.59 Å². The second-order valence-corrected chi connectivity index (χ2v) is 6.45. The fourth-order valence-corrected chi connectivity index (χ4v) is 3.17. The summed E-state index contributed by atoms with van der Waals surface area (Å²) in [6.07, 6.45) is 0. The van der Waals surface area contributed by atoms with Crippen molar-refractivity contribution >= 4 is 28.8 Å². The monoisotopic (exact) mass is 331 g/mol.